The molecule has 1 aliphatic rings. The molecule has 1 aliphatic heterocycles. The molecule has 0 amide bonds. The van der Waals surface area contributed by atoms with Crippen LogP contribution in [0.15, 0.2) is 64.0 Å². The topological polar surface area (TPSA) is 111 Å². The number of nitrogens with one attached hydrogen (secondary N) is 1. The highest BCUT2D eigenvalue weighted by Crippen LogP contribution is 2.41. The Balaban J connectivity index is 1.66. The van der Waals surface area contributed by atoms with Gasteiger partial charge in [0.25, 0.3) is 0 Å². The molecule has 1 saturated heterocycles. The molecule has 0 radical (unpaired) electrons. The number of halogens is 3. The fourth-order valence-electron chi connectivity index (χ4n) is 3.98. The average Bonchev–Trinajstić information content (AvgIpc) is 3.33. The Labute approximate surface area is 246 Å². The molecule has 0 spiro atoms. The maximum atomic E-state index is 13.8. The van der Waals surface area contributed by atoms with Crippen molar-refractivity contribution in [3.8, 4) is 23.0 Å². The van der Waals surface area contributed by atoms with Crippen LogP contribution in [0.5, 0.6) is 23.0 Å². The van der Waals surface area contributed by atoms with E-state index in [-0.39, 0.29) is 51.9 Å². The molecule has 1 heterocycles. The average molecular weight is 680 g/mol. The van der Waals surface area contributed by atoms with Crippen LogP contribution in [0.4, 0.5) is 0 Å². The van der Waals surface area contributed by atoms with Crippen LogP contribution in [-0.4, -0.2) is 53.6 Å². The lowest BCUT2D eigenvalue weighted by Crippen LogP contribution is -2.37. The van der Waals surface area contributed by atoms with Crippen molar-refractivity contribution in [2.24, 2.45) is 0 Å². The van der Waals surface area contributed by atoms with E-state index in [0.29, 0.717) is 16.6 Å². The van der Waals surface area contributed by atoms with E-state index in [9.17, 15) is 16.8 Å². The summed E-state index contributed by atoms with van der Waals surface area (Å²) in [5.74, 6) is 1.11. The molecule has 0 aliphatic carbocycles. The highest BCUT2D eigenvalue weighted by atomic mass is 79.9. The fourth-order valence-corrected chi connectivity index (χ4v) is 7.71. The zero-order valence-electron chi connectivity index (χ0n) is 20.9. The van der Waals surface area contributed by atoms with Gasteiger partial charge in [-0.3, -0.25) is 0 Å². The van der Waals surface area contributed by atoms with E-state index in [1.165, 1.54) is 16.4 Å². The molecular weight excluding hydrogens is 655 g/mol. The van der Waals surface area contributed by atoms with E-state index < -0.39 is 26.1 Å². The Hall–Kier alpha value is -2.06. The highest BCUT2D eigenvalue weighted by Gasteiger charge is 2.36. The molecule has 0 bridgehead atoms. The molecule has 1 atom stereocenters. The van der Waals surface area contributed by atoms with Crippen molar-refractivity contribution in [3.05, 3.63) is 74.7 Å². The Bertz CT molecular complexity index is 1550. The summed E-state index contributed by atoms with van der Waals surface area (Å²) in [7, 11) is -6.05. The maximum Gasteiger partial charge on any atom is 0.246 e. The SMILES string of the molecule is COc1ccc(COc2ccc(Oc3c(Cl)cc(Br)cc3Cl)cc2S(=O)(=O)N2CC[C@H](NS(C)(=O)=O)C2)cc1. The Morgan fingerprint density at radius 1 is 1.00 bits per heavy atom. The Kier molecular flexibility index (Phi) is 9.37. The second-order valence-electron chi connectivity index (χ2n) is 8.78. The van der Waals surface area contributed by atoms with Gasteiger partial charge in [0.1, 0.15) is 28.8 Å². The van der Waals surface area contributed by atoms with Gasteiger partial charge >= 0.3 is 0 Å². The zero-order chi connectivity index (χ0) is 28.4. The monoisotopic (exact) mass is 678 g/mol. The predicted octanol–water partition coefficient (Wildman–Crippen LogP) is 5.45. The van der Waals surface area contributed by atoms with Crippen LogP contribution < -0.4 is 18.9 Å². The first-order valence-corrected chi connectivity index (χ1v) is 16.4. The number of sulfonamides is 2. The van der Waals surface area contributed by atoms with Gasteiger partial charge in [0.2, 0.25) is 20.0 Å². The van der Waals surface area contributed by atoms with Gasteiger partial charge in [0, 0.05) is 29.7 Å². The molecule has 1 N–H and O–H groups in total. The number of rotatable bonds is 10. The normalized spacial score (nSPS) is 16.3. The maximum absolute atomic E-state index is 13.8. The van der Waals surface area contributed by atoms with Gasteiger partial charge < -0.3 is 14.2 Å². The number of ether oxygens (including phenoxy) is 3. The van der Waals surface area contributed by atoms with Crippen molar-refractivity contribution in [1.29, 1.82) is 0 Å². The molecule has 9 nitrogen and oxygen atoms in total. The first kappa shape index (κ1) is 29.9. The molecule has 14 heteroatoms. The van der Waals surface area contributed by atoms with Crippen LogP contribution in [-0.2, 0) is 26.7 Å². The minimum absolute atomic E-state index is 0.0250. The Morgan fingerprint density at radius 3 is 2.26 bits per heavy atom. The summed E-state index contributed by atoms with van der Waals surface area (Å²) in [5.41, 5.74) is 0.798. The quantitative estimate of drug-likeness (QED) is 0.304. The zero-order valence-corrected chi connectivity index (χ0v) is 25.6. The third-order valence-corrected chi connectivity index (χ3v) is 9.47. The molecule has 3 aromatic carbocycles. The van der Waals surface area contributed by atoms with E-state index in [4.69, 9.17) is 37.4 Å². The second-order valence-corrected chi connectivity index (χ2v) is 14.2. The summed E-state index contributed by atoms with van der Waals surface area (Å²) in [6.45, 7) is 0.195. The van der Waals surface area contributed by atoms with Gasteiger partial charge in [-0.2, -0.15) is 4.31 Å². The molecule has 39 heavy (non-hydrogen) atoms. The summed E-state index contributed by atoms with van der Waals surface area (Å²) in [6.07, 6.45) is 1.36. The van der Waals surface area contributed by atoms with Crippen molar-refractivity contribution in [3.63, 3.8) is 0 Å². The largest absolute Gasteiger partial charge is 0.497 e. The highest BCUT2D eigenvalue weighted by molar-refractivity contribution is 9.10. The van der Waals surface area contributed by atoms with Gasteiger partial charge in [-0.1, -0.05) is 51.3 Å². The fraction of sp³-hybridized carbons (Fsp3) is 0.280. The van der Waals surface area contributed by atoms with Crippen LogP contribution in [0.2, 0.25) is 10.0 Å². The van der Waals surface area contributed by atoms with Crippen LogP contribution in [0.25, 0.3) is 0 Å². The van der Waals surface area contributed by atoms with Gasteiger partial charge in [0.15, 0.2) is 5.75 Å². The first-order valence-electron chi connectivity index (χ1n) is 11.6. The van der Waals surface area contributed by atoms with E-state index in [1.54, 1.807) is 37.4 Å². The summed E-state index contributed by atoms with van der Waals surface area (Å²) < 4.78 is 72.3. The minimum atomic E-state index is -4.11. The lowest BCUT2D eigenvalue weighted by Gasteiger charge is -2.20. The van der Waals surface area contributed by atoms with Crippen LogP contribution in [0.1, 0.15) is 12.0 Å². The number of nitrogens with zero attached hydrogens (tertiary/aromatic N) is 1. The number of benzene rings is 3. The van der Waals surface area contributed by atoms with Gasteiger partial charge in [-0.25, -0.2) is 21.6 Å². The van der Waals surface area contributed by atoms with Crippen molar-refractivity contribution >= 4 is 59.2 Å². The summed E-state index contributed by atoms with van der Waals surface area (Å²) in [6, 6.07) is 14.2. The Morgan fingerprint density at radius 2 is 1.64 bits per heavy atom. The molecule has 210 valence electrons. The van der Waals surface area contributed by atoms with Gasteiger partial charge in [-0.05, 0) is 48.4 Å². The third kappa shape index (κ3) is 7.57. The number of hydrogen-bond acceptors (Lipinski definition) is 7. The summed E-state index contributed by atoms with van der Waals surface area (Å²) in [4.78, 5) is -0.141. The molecule has 4 rings (SSSR count). The molecule has 0 saturated carbocycles. The lowest BCUT2D eigenvalue weighted by atomic mass is 10.2. The number of methoxy groups -OCH3 is 1. The van der Waals surface area contributed by atoms with Crippen LogP contribution >= 0.6 is 39.1 Å². The van der Waals surface area contributed by atoms with Crippen molar-refractivity contribution in [2.75, 3.05) is 26.5 Å². The van der Waals surface area contributed by atoms with E-state index in [0.717, 1.165) is 11.8 Å². The lowest BCUT2D eigenvalue weighted by molar-refractivity contribution is 0.296. The molecule has 0 aromatic heterocycles. The first-order chi connectivity index (χ1) is 18.4. The minimum Gasteiger partial charge on any atom is -0.497 e. The van der Waals surface area contributed by atoms with Crippen molar-refractivity contribution in [2.45, 2.75) is 24.0 Å². The number of hydrogen-bond donors (Lipinski definition) is 1. The molecule has 1 fully saturated rings. The predicted molar refractivity (Wildman–Crippen MR) is 153 cm³/mol. The smallest absolute Gasteiger partial charge is 0.246 e. The van der Waals surface area contributed by atoms with Crippen LogP contribution in [0, 0.1) is 0 Å². The second kappa shape index (κ2) is 12.2. The van der Waals surface area contributed by atoms with Gasteiger partial charge in [0.05, 0.1) is 23.4 Å². The summed E-state index contributed by atoms with van der Waals surface area (Å²) in [5, 5.41) is 0.459. The van der Waals surface area contributed by atoms with E-state index >= 15 is 0 Å². The molecular formula is C25H25BrCl2N2O7S2. The molecule has 0 unspecified atom stereocenters. The standard InChI is InChI=1S/C25H25BrCl2N2O7S2/c1-35-19-5-3-16(4-6-19)15-36-23-8-7-20(37-25-21(27)11-17(26)12-22(25)28)13-24(23)39(33,34)30-10-9-18(14-30)29-38(2,31)32/h3-8,11-13,18,29H,9-10,14-15H2,1-2H3/t18-/m0/s1. The molecule has 3 aromatic rings. The van der Waals surface area contributed by atoms with Gasteiger partial charge in [-0.15, -0.1) is 0 Å². The van der Waals surface area contributed by atoms with Crippen molar-refractivity contribution in [1.82, 2.24) is 9.03 Å². The van der Waals surface area contributed by atoms with Crippen molar-refractivity contribution < 1.29 is 31.0 Å². The van der Waals surface area contributed by atoms with E-state index in [1.807, 2.05) is 12.1 Å². The third-order valence-electron chi connectivity index (χ3n) is 5.80. The summed E-state index contributed by atoms with van der Waals surface area (Å²) >= 11 is 15.9. The van der Waals surface area contributed by atoms with Crippen LogP contribution in [0.3, 0.4) is 0 Å². The van der Waals surface area contributed by atoms with E-state index in [2.05, 4.69) is 20.7 Å².